The average molecular weight is 423 g/mol. The Kier molecular flexibility index (Phi) is 10.5. The van der Waals surface area contributed by atoms with Crippen LogP contribution in [0.4, 0.5) is 5.13 Å². The number of rotatable bonds is 4. The van der Waals surface area contributed by atoms with Crippen LogP contribution >= 0.6 is 34.9 Å². The van der Waals surface area contributed by atoms with Crippen molar-refractivity contribution in [3.63, 3.8) is 0 Å². The molecule has 2 aromatic heterocycles. The second-order valence-electron chi connectivity index (χ2n) is 4.58. The Morgan fingerprint density at radius 1 is 1.33 bits per heavy atom. The van der Waals surface area contributed by atoms with E-state index in [4.69, 9.17) is 32.7 Å². The van der Waals surface area contributed by atoms with Crippen LogP contribution in [0.3, 0.4) is 0 Å². The van der Waals surface area contributed by atoms with E-state index in [0.717, 1.165) is 12.5 Å². The zero-order valence-electron chi connectivity index (χ0n) is 14.6. The lowest BCUT2D eigenvalue weighted by molar-refractivity contribution is -0.134. The van der Waals surface area contributed by atoms with E-state index in [-0.39, 0.29) is 0 Å². The van der Waals surface area contributed by atoms with Crippen LogP contribution in [0.1, 0.15) is 18.2 Å². The third kappa shape index (κ3) is 8.99. The molecule has 142 valence electrons. The summed E-state index contributed by atoms with van der Waals surface area (Å²) in [6.45, 7) is 1.08. The number of hydrogen-bond donors (Lipinski definition) is 2. The molecule has 0 amide bonds. The van der Waals surface area contributed by atoms with Crippen molar-refractivity contribution in [2.45, 2.75) is 6.92 Å². The first-order valence-electron chi connectivity index (χ1n) is 7.39. The van der Waals surface area contributed by atoms with E-state index < -0.39 is 5.97 Å². The second kappa shape index (κ2) is 12.6. The summed E-state index contributed by atoms with van der Waals surface area (Å²) in [6, 6.07) is 9.61. The molecule has 0 bridgehead atoms. The summed E-state index contributed by atoms with van der Waals surface area (Å²) in [5, 5.41) is 15.6. The van der Waals surface area contributed by atoms with Crippen molar-refractivity contribution < 1.29 is 14.7 Å². The molecule has 0 radical (unpaired) electrons. The van der Waals surface area contributed by atoms with Crippen molar-refractivity contribution in [3.05, 3.63) is 64.1 Å². The first-order chi connectivity index (χ1) is 13.0. The van der Waals surface area contributed by atoms with E-state index in [1.165, 1.54) is 18.4 Å². The third-order valence-corrected chi connectivity index (χ3v) is 4.17. The molecule has 3 aromatic rings. The summed E-state index contributed by atoms with van der Waals surface area (Å²) in [7, 11) is 1.48. The van der Waals surface area contributed by atoms with Crippen LogP contribution in [0.2, 0.25) is 0 Å². The molecule has 0 aliphatic rings. The highest BCUT2D eigenvalue weighted by Gasteiger charge is 2.15. The van der Waals surface area contributed by atoms with Crippen LogP contribution in [0.15, 0.2) is 58.0 Å². The van der Waals surface area contributed by atoms with Gasteiger partial charge in [0.15, 0.2) is 5.13 Å². The molecule has 2 heterocycles. The monoisotopic (exact) mass is 422 g/mol. The maximum absolute atomic E-state index is 9.00. The molecule has 0 aliphatic carbocycles. The van der Waals surface area contributed by atoms with Crippen molar-refractivity contribution in [3.8, 4) is 0 Å². The standard InChI is InChI=1S/C12H11N3OS2.C3H3NS.C2H4O2/c1-16-15-10(9-7-18-12(13)14-9)11(17)8-5-3-2-4-6-8;1-2-5-3-4-1;1-2(3)4/h2-7H,1H3,(H2,13,14);1-3H;1H3,(H,3,4)/b15-10-;;. The minimum Gasteiger partial charge on any atom is -0.481 e. The van der Waals surface area contributed by atoms with Crippen molar-refractivity contribution in [2.75, 3.05) is 12.8 Å². The lowest BCUT2D eigenvalue weighted by atomic mass is 10.1. The molecule has 0 spiro atoms. The number of thiazole rings is 2. The largest absolute Gasteiger partial charge is 0.481 e. The van der Waals surface area contributed by atoms with Crippen LogP contribution in [-0.4, -0.2) is 38.7 Å². The van der Waals surface area contributed by atoms with Crippen LogP contribution < -0.4 is 5.73 Å². The Hall–Kier alpha value is -2.69. The van der Waals surface area contributed by atoms with Crippen LogP contribution in [0, 0.1) is 0 Å². The number of hydrogen-bond acceptors (Lipinski definition) is 9. The second-order valence-corrected chi connectivity index (χ2v) is 6.64. The van der Waals surface area contributed by atoms with E-state index in [1.807, 2.05) is 41.1 Å². The summed E-state index contributed by atoms with van der Waals surface area (Å²) in [6.07, 6.45) is 1.77. The zero-order valence-corrected chi connectivity index (χ0v) is 17.1. The molecule has 0 aliphatic heterocycles. The molecule has 7 nitrogen and oxygen atoms in total. The first kappa shape index (κ1) is 22.4. The molecule has 27 heavy (non-hydrogen) atoms. The fourth-order valence-corrected chi connectivity index (χ4v) is 2.77. The molecule has 0 saturated carbocycles. The normalized spacial score (nSPS) is 9.93. The molecule has 10 heteroatoms. The van der Waals surface area contributed by atoms with Gasteiger partial charge in [0.25, 0.3) is 5.97 Å². The molecule has 0 fully saturated rings. The van der Waals surface area contributed by atoms with Gasteiger partial charge in [-0.3, -0.25) is 9.78 Å². The minimum atomic E-state index is -0.833. The molecule has 3 N–H and O–H groups in total. The van der Waals surface area contributed by atoms with Gasteiger partial charge in [0, 0.05) is 23.9 Å². The number of thiocarbonyl (C=S) groups is 1. The number of oxime groups is 1. The number of nitrogens with two attached hydrogens (primary N) is 1. The van der Waals surface area contributed by atoms with Gasteiger partial charge in [-0.25, -0.2) is 4.98 Å². The van der Waals surface area contributed by atoms with E-state index >= 15 is 0 Å². The number of aromatic nitrogens is 2. The number of aliphatic carboxylic acids is 1. The Bertz CT molecular complexity index is 828. The van der Waals surface area contributed by atoms with E-state index in [2.05, 4.69) is 15.1 Å². The molecule has 1 aromatic carbocycles. The molecule has 0 atom stereocenters. The minimum absolute atomic E-state index is 0.477. The quantitative estimate of drug-likeness (QED) is 0.285. The van der Waals surface area contributed by atoms with Crippen molar-refractivity contribution >= 4 is 56.6 Å². The Morgan fingerprint density at radius 3 is 2.41 bits per heavy atom. The van der Waals surface area contributed by atoms with Crippen molar-refractivity contribution in [2.24, 2.45) is 5.16 Å². The number of benzene rings is 1. The maximum Gasteiger partial charge on any atom is 0.300 e. The van der Waals surface area contributed by atoms with Gasteiger partial charge in [0.05, 0.1) is 10.4 Å². The Balaban J connectivity index is 0.000000333. The number of carboxylic acid groups (broad SMARTS) is 1. The van der Waals surface area contributed by atoms with Gasteiger partial charge in [-0.2, -0.15) is 0 Å². The number of nitrogen functional groups attached to an aromatic ring is 1. The number of carbonyl (C=O) groups is 1. The highest BCUT2D eigenvalue weighted by atomic mass is 32.1. The number of carboxylic acids is 1. The summed E-state index contributed by atoms with van der Waals surface area (Å²) in [4.78, 5) is 22.3. The molecule has 3 rings (SSSR count). The van der Waals surface area contributed by atoms with Gasteiger partial charge < -0.3 is 15.7 Å². The summed E-state index contributed by atoms with van der Waals surface area (Å²) in [5.74, 6) is -0.833. The highest BCUT2D eigenvalue weighted by Crippen LogP contribution is 2.15. The fraction of sp³-hybridized carbons (Fsp3) is 0.118. The van der Waals surface area contributed by atoms with Gasteiger partial charge >= 0.3 is 0 Å². The number of anilines is 1. The smallest absolute Gasteiger partial charge is 0.300 e. The van der Waals surface area contributed by atoms with E-state index in [1.54, 1.807) is 23.0 Å². The van der Waals surface area contributed by atoms with Gasteiger partial charge in [0.2, 0.25) is 0 Å². The first-order valence-corrected chi connectivity index (χ1v) is 9.62. The van der Waals surface area contributed by atoms with Gasteiger partial charge in [-0.15, -0.1) is 22.7 Å². The van der Waals surface area contributed by atoms with Crippen molar-refractivity contribution in [1.29, 1.82) is 0 Å². The third-order valence-electron chi connectivity index (χ3n) is 2.55. The van der Waals surface area contributed by atoms with E-state index in [9.17, 15) is 0 Å². The highest BCUT2D eigenvalue weighted by molar-refractivity contribution is 7.82. The summed E-state index contributed by atoms with van der Waals surface area (Å²) >= 11 is 8.36. The molecule has 0 saturated heterocycles. The zero-order chi connectivity index (χ0) is 20.1. The lowest BCUT2D eigenvalue weighted by Gasteiger charge is -2.04. The predicted molar refractivity (Wildman–Crippen MR) is 114 cm³/mol. The van der Waals surface area contributed by atoms with Gasteiger partial charge in [-0.1, -0.05) is 47.7 Å². The summed E-state index contributed by atoms with van der Waals surface area (Å²) < 4.78 is 0. The maximum atomic E-state index is 9.00. The fourth-order valence-electron chi connectivity index (χ4n) is 1.59. The van der Waals surface area contributed by atoms with Crippen LogP contribution in [0.5, 0.6) is 0 Å². The van der Waals surface area contributed by atoms with Crippen molar-refractivity contribution in [1.82, 2.24) is 9.97 Å². The molecular weight excluding hydrogens is 404 g/mol. The molecule has 0 unspecified atom stereocenters. The Labute approximate surface area is 170 Å². The number of nitrogens with zero attached hydrogens (tertiary/aromatic N) is 3. The SMILES string of the molecule is CC(=O)O.CO/N=C(\C(=S)c1ccccc1)c1csc(N)n1.c1cscn1. The van der Waals surface area contributed by atoms with Gasteiger partial charge in [0.1, 0.15) is 18.5 Å². The summed E-state index contributed by atoms with van der Waals surface area (Å²) in [5.41, 5.74) is 9.46. The topological polar surface area (TPSA) is 111 Å². The lowest BCUT2D eigenvalue weighted by Crippen LogP contribution is -2.15. The predicted octanol–water partition coefficient (Wildman–Crippen LogP) is 3.73. The Morgan fingerprint density at radius 2 is 2.00 bits per heavy atom. The average Bonchev–Trinajstić information content (AvgIpc) is 3.34. The van der Waals surface area contributed by atoms with Crippen LogP contribution in [0.25, 0.3) is 0 Å². The molecular formula is C17H18N4O3S3. The van der Waals surface area contributed by atoms with Crippen LogP contribution in [-0.2, 0) is 9.63 Å². The van der Waals surface area contributed by atoms with E-state index in [0.29, 0.717) is 21.4 Å². The van der Waals surface area contributed by atoms with Gasteiger partial charge in [-0.05, 0) is 5.56 Å².